The Kier molecular flexibility index (Phi) is 16.7. The molecule has 0 bridgehead atoms. The Morgan fingerprint density at radius 3 is 1.79 bits per heavy atom. The van der Waals surface area contributed by atoms with E-state index in [4.69, 9.17) is 4.74 Å². The molecular formula is C36H46N2O4. The van der Waals surface area contributed by atoms with Gasteiger partial charge in [-0.05, 0) is 51.9 Å². The minimum absolute atomic E-state index is 0.0182. The lowest BCUT2D eigenvalue weighted by molar-refractivity contribution is -0.132. The minimum Gasteiger partial charge on any atom is -0.469 e. The third kappa shape index (κ3) is 13.4. The Morgan fingerprint density at radius 1 is 0.738 bits per heavy atom. The topological polar surface area (TPSA) is 84.5 Å². The largest absolute Gasteiger partial charge is 0.469 e. The molecule has 224 valence electrons. The van der Waals surface area contributed by atoms with Gasteiger partial charge in [0.25, 0.3) is 5.91 Å². The van der Waals surface area contributed by atoms with Crippen LogP contribution in [-0.4, -0.2) is 30.7 Å². The molecule has 0 saturated heterocycles. The van der Waals surface area contributed by atoms with E-state index in [9.17, 15) is 14.4 Å². The van der Waals surface area contributed by atoms with E-state index >= 15 is 0 Å². The minimum atomic E-state index is -1.20. The lowest BCUT2D eigenvalue weighted by Crippen LogP contribution is -2.36. The number of ketones is 1. The maximum atomic E-state index is 12.5. The van der Waals surface area contributed by atoms with E-state index in [-0.39, 0.29) is 24.0 Å². The summed E-state index contributed by atoms with van der Waals surface area (Å²) in [4.78, 5) is 36.9. The number of carbonyl (C=O) groups excluding carboxylic acids is 3. The van der Waals surface area contributed by atoms with Crippen molar-refractivity contribution in [3.05, 3.63) is 121 Å². The van der Waals surface area contributed by atoms with Gasteiger partial charge in [0, 0.05) is 31.1 Å². The Hall–Kier alpha value is -4.19. The predicted octanol–water partition coefficient (Wildman–Crippen LogP) is 7.10. The van der Waals surface area contributed by atoms with Crippen molar-refractivity contribution in [3.8, 4) is 0 Å². The molecular weight excluding hydrogens is 524 g/mol. The zero-order valence-electron chi connectivity index (χ0n) is 25.1. The van der Waals surface area contributed by atoms with Crippen molar-refractivity contribution in [2.75, 3.05) is 13.1 Å². The van der Waals surface area contributed by atoms with Gasteiger partial charge in [-0.15, -0.1) is 0 Å². The molecule has 42 heavy (non-hydrogen) atoms. The number of benzene rings is 1. The molecule has 1 aromatic rings. The summed E-state index contributed by atoms with van der Waals surface area (Å²) in [5.41, 5.74) is -0.517. The highest BCUT2D eigenvalue weighted by Gasteiger charge is 2.43. The monoisotopic (exact) mass is 570 g/mol. The second-order valence-corrected chi connectivity index (χ2v) is 9.93. The summed E-state index contributed by atoms with van der Waals surface area (Å²) in [7, 11) is 0. The highest BCUT2D eigenvalue weighted by atomic mass is 16.5. The van der Waals surface area contributed by atoms with E-state index in [0.29, 0.717) is 24.9 Å². The third-order valence-corrected chi connectivity index (χ3v) is 6.46. The lowest BCUT2D eigenvalue weighted by Gasteiger charge is -2.24. The third-order valence-electron chi connectivity index (χ3n) is 6.46. The normalized spacial score (nSPS) is 17.4. The number of carbonyl (C=O) groups is 3. The van der Waals surface area contributed by atoms with Crippen LogP contribution in [0.25, 0.3) is 0 Å². The molecule has 0 aromatic heterocycles. The molecule has 0 spiro atoms. The molecule has 2 amide bonds. The molecule has 1 aliphatic rings. The number of allylic oxidation sites excluding steroid dienone is 12. The van der Waals surface area contributed by atoms with E-state index in [0.717, 1.165) is 38.5 Å². The average molecular weight is 571 g/mol. The van der Waals surface area contributed by atoms with Crippen molar-refractivity contribution in [2.45, 2.75) is 70.8 Å². The van der Waals surface area contributed by atoms with Gasteiger partial charge in [0.1, 0.15) is 0 Å². The van der Waals surface area contributed by atoms with Crippen LogP contribution >= 0.6 is 0 Å². The zero-order chi connectivity index (χ0) is 30.3. The summed E-state index contributed by atoms with van der Waals surface area (Å²) in [6, 6.07) is 9.08. The van der Waals surface area contributed by atoms with Crippen LogP contribution < -0.4 is 10.6 Å². The number of amides is 2. The first kappa shape index (κ1) is 34.0. The standard InChI is InChI=1S/C36H46N2O4/c1-3-4-5-6-7-8-9-10-11-12-13-14-15-16-17-18-19-20-24-27-34(40)37-28-29-38-35(41)32-30-33(39)36(2,42-32)31-25-22-21-23-26-31/h4-5,7-8,10-11,13-14,16-17,19-23,25-26,30H,3,6,9,12,15,18,24,27-29H2,1-2H3,(H,37,40)(H,38,41). The van der Waals surface area contributed by atoms with Crippen molar-refractivity contribution >= 4 is 17.6 Å². The van der Waals surface area contributed by atoms with Gasteiger partial charge >= 0.3 is 0 Å². The summed E-state index contributed by atoms with van der Waals surface area (Å²) >= 11 is 0. The van der Waals surface area contributed by atoms with E-state index in [1.165, 1.54) is 6.08 Å². The van der Waals surface area contributed by atoms with Gasteiger partial charge in [-0.25, -0.2) is 0 Å². The number of hydrogen-bond donors (Lipinski definition) is 2. The van der Waals surface area contributed by atoms with Gasteiger partial charge in [0.05, 0.1) is 0 Å². The summed E-state index contributed by atoms with van der Waals surface area (Å²) in [6.07, 6.45) is 33.9. The molecule has 2 rings (SSSR count). The lowest BCUT2D eigenvalue weighted by atomic mass is 9.92. The SMILES string of the molecule is CCC=CCC=CCC=CCC=CCC=CCC=CCCC(=O)NCCNC(=O)C1=CC(=O)C(C)(c2ccccc2)O1. The van der Waals surface area contributed by atoms with Crippen molar-refractivity contribution in [3.63, 3.8) is 0 Å². The zero-order valence-corrected chi connectivity index (χ0v) is 25.1. The first-order valence-corrected chi connectivity index (χ1v) is 14.9. The van der Waals surface area contributed by atoms with E-state index in [1.807, 2.05) is 24.3 Å². The van der Waals surface area contributed by atoms with Gasteiger partial charge < -0.3 is 15.4 Å². The quantitative estimate of drug-likeness (QED) is 0.137. The van der Waals surface area contributed by atoms with Crippen LogP contribution in [0.4, 0.5) is 0 Å². The van der Waals surface area contributed by atoms with Crippen molar-refractivity contribution < 1.29 is 19.1 Å². The van der Waals surface area contributed by atoms with Crippen LogP contribution in [-0.2, 0) is 24.7 Å². The Morgan fingerprint density at radius 2 is 1.24 bits per heavy atom. The molecule has 0 aliphatic carbocycles. The Bertz CT molecular complexity index is 1190. The first-order valence-electron chi connectivity index (χ1n) is 14.9. The maximum Gasteiger partial charge on any atom is 0.286 e. The molecule has 1 aliphatic heterocycles. The highest BCUT2D eigenvalue weighted by Crippen LogP contribution is 2.34. The molecule has 1 atom stereocenters. The van der Waals surface area contributed by atoms with Crippen molar-refractivity contribution in [1.82, 2.24) is 10.6 Å². The smallest absolute Gasteiger partial charge is 0.286 e. The molecule has 1 aromatic carbocycles. The highest BCUT2D eigenvalue weighted by molar-refractivity contribution is 6.07. The molecule has 0 fully saturated rings. The predicted molar refractivity (Wildman–Crippen MR) is 171 cm³/mol. The van der Waals surface area contributed by atoms with Crippen LogP contribution in [0.1, 0.15) is 70.8 Å². The van der Waals surface area contributed by atoms with E-state index < -0.39 is 11.5 Å². The van der Waals surface area contributed by atoms with Crippen LogP contribution in [0.15, 0.2) is 115 Å². The maximum absolute atomic E-state index is 12.5. The van der Waals surface area contributed by atoms with Gasteiger partial charge in [0.15, 0.2) is 11.4 Å². The van der Waals surface area contributed by atoms with Gasteiger partial charge in [-0.1, -0.05) is 110 Å². The number of rotatable bonds is 19. The van der Waals surface area contributed by atoms with E-state index in [2.05, 4.69) is 84.4 Å². The summed E-state index contributed by atoms with van der Waals surface area (Å²) in [5.74, 6) is -0.848. The van der Waals surface area contributed by atoms with E-state index in [1.54, 1.807) is 19.1 Å². The van der Waals surface area contributed by atoms with Gasteiger partial charge in [-0.2, -0.15) is 0 Å². The molecule has 6 heteroatoms. The fourth-order valence-electron chi connectivity index (χ4n) is 4.03. The molecule has 0 radical (unpaired) electrons. The Labute approximate surface area is 251 Å². The van der Waals surface area contributed by atoms with Crippen molar-refractivity contribution in [2.24, 2.45) is 0 Å². The number of ether oxygens (including phenoxy) is 1. The fourth-order valence-corrected chi connectivity index (χ4v) is 4.03. The second-order valence-electron chi connectivity index (χ2n) is 9.93. The molecule has 0 saturated carbocycles. The van der Waals surface area contributed by atoms with Crippen LogP contribution in [0.2, 0.25) is 0 Å². The molecule has 1 unspecified atom stereocenters. The second kappa shape index (κ2) is 20.7. The van der Waals surface area contributed by atoms with Crippen LogP contribution in [0.3, 0.4) is 0 Å². The summed E-state index contributed by atoms with van der Waals surface area (Å²) < 4.78 is 5.73. The number of nitrogens with one attached hydrogen (secondary N) is 2. The number of hydrogen-bond acceptors (Lipinski definition) is 4. The fraction of sp³-hybridized carbons (Fsp3) is 0.361. The average Bonchev–Trinajstić information content (AvgIpc) is 3.31. The molecule has 6 nitrogen and oxygen atoms in total. The van der Waals surface area contributed by atoms with Gasteiger partial charge in [-0.3, -0.25) is 14.4 Å². The van der Waals surface area contributed by atoms with Crippen molar-refractivity contribution in [1.29, 1.82) is 0 Å². The molecule has 1 heterocycles. The Balaban J connectivity index is 1.48. The van der Waals surface area contributed by atoms with Crippen LogP contribution in [0.5, 0.6) is 0 Å². The summed E-state index contributed by atoms with van der Waals surface area (Å²) in [6.45, 7) is 4.33. The first-order chi connectivity index (χ1) is 20.5. The summed E-state index contributed by atoms with van der Waals surface area (Å²) in [5, 5.41) is 5.48. The van der Waals surface area contributed by atoms with Crippen LogP contribution in [0, 0.1) is 0 Å². The molecule has 2 N–H and O–H groups in total. The van der Waals surface area contributed by atoms with Gasteiger partial charge in [0.2, 0.25) is 11.7 Å².